The third kappa shape index (κ3) is 6.69. The number of hydrogen-bond acceptors (Lipinski definition) is 3. The first-order valence-electron chi connectivity index (χ1n) is 12.3. The van der Waals surface area contributed by atoms with Gasteiger partial charge in [0.15, 0.2) is 0 Å². The maximum absolute atomic E-state index is 13.5. The Kier molecular flexibility index (Phi) is 9.33. The van der Waals surface area contributed by atoms with E-state index in [1.807, 2.05) is 11.1 Å². The van der Waals surface area contributed by atoms with Crippen LogP contribution in [0.2, 0.25) is 0 Å². The summed E-state index contributed by atoms with van der Waals surface area (Å²) in [5.41, 5.74) is 3.23. The first-order valence-corrected chi connectivity index (χ1v) is 12.3. The molecule has 0 saturated carbocycles. The normalized spacial score (nSPS) is 15.5. The van der Waals surface area contributed by atoms with E-state index in [1.54, 1.807) is 0 Å². The van der Waals surface area contributed by atoms with Gasteiger partial charge < -0.3 is 9.80 Å². The number of aryl methyl sites for hydroxylation is 1. The Morgan fingerprint density at radius 3 is 2.44 bits per heavy atom. The average Bonchev–Trinajstić information content (AvgIpc) is 2.83. The van der Waals surface area contributed by atoms with E-state index in [2.05, 4.69) is 74.2 Å². The Balaban J connectivity index is 1.77. The fourth-order valence-electron chi connectivity index (χ4n) is 4.30. The van der Waals surface area contributed by atoms with Crippen molar-refractivity contribution < 1.29 is 4.79 Å². The number of rotatable bonds is 11. The second-order valence-electron chi connectivity index (χ2n) is 8.96. The third-order valence-corrected chi connectivity index (χ3v) is 6.23. The number of nitrogens with zero attached hydrogens (tertiary/aromatic N) is 3. The lowest BCUT2D eigenvalue weighted by atomic mass is 9.92. The van der Waals surface area contributed by atoms with Gasteiger partial charge >= 0.3 is 0 Å². The molecule has 1 amide bonds. The van der Waals surface area contributed by atoms with Crippen LogP contribution in [-0.2, 0) is 11.3 Å². The van der Waals surface area contributed by atoms with Gasteiger partial charge in [-0.25, -0.2) is 4.98 Å². The number of unbranched alkanes of at least 4 members (excludes halogenated alkanes) is 2. The molecule has 1 unspecified atom stereocenters. The van der Waals surface area contributed by atoms with Gasteiger partial charge in [-0.15, -0.1) is 0 Å². The summed E-state index contributed by atoms with van der Waals surface area (Å²) in [6.07, 6.45) is 13.8. The van der Waals surface area contributed by atoms with E-state index in [0.29, 0.717) is 6.54 Å². The van der Waals surface area contributed by atoms with Crippen molar-refractivity contribution in [3.8, 4) is 0 Å². The molecule has 3 rings (SSSR count). The summed E-state index contributed by atoms with van der Waals surface area (Å²) in [7, 11) is 0. The number of allylic oxidation sites excluding steroid dienone is 2. The lowest BCUT2D eigenvalue weighted by molar-refractivity contribution is -0.122. The van der Waals surface area contributed by atoms with E-state index in [4.69, 9.17) is 4.98 Å². The average molecular weight is 434 g/mol. The van der Waals surface area contributed by atoms with E-state index < -0.39 is 0 Å². The Morgan fingerprint density at radius 1 is 1.00 bits per heavy atom. The number of anilines is 2. The van der Waals surface area contributed by atoms with Crippen molar-refractivity contribution in [3.05, 3.63) is 65.9 Å². The molecule has 1 aromatic carbocycles. The summed E-state index contributed by atoms with van der Waals surface area (Å²) in [6.45, 7) is 9.16. The molecule has 4 nitrogen and oxygen atoms in total. The van der Waals surface area contributed by atoms with Gasteiger partial charge in [-0.3, -0.25) is 4.79 Å². The highest BCUT2D eigenvalue weighted by Gasteiger charge is 2.26. The summed E-state index contributed by atoms with van der Waals surface area (Å²) in [5, 5.41) is 0. The third-order valence-electron chi connectivity index (χ3n) is 6.23. The lowest BCUT2D eigenvalue weighted by Gasteiger charge is -2.29. The van der Waals surface area contributed by atoms with Gasteiger partial charge in [0, 0.05) is 30.9 Å². The molecule has 1 heterocycles. The summed E-state index contributed by atoms with van der Waals surface area (Å²) >= 11 is 0. The molecular weight excluding hydrogens is 394 g/mol. The van der Waals surface area contributed by atoms with Gasteiger partial charge in [-0.2, -0.15) is 0 Å². The van der Waals surface area contributed by atoms with Gasteiger partial charge in [0.25, 0.3) is 0 Å². The Hall–Kier alpha value is -2.62. The molecule has 1 atom stereocenters. The van der Waals surface area contributed by atoms with Crippen LogP contribution in [-0.4, -0.2) is 24.0 Å². The van der Waals surface area contributed by atoms with Crippen molar-refractivity contribution in [2.75, 3.05) is 22.9 Å². The first-order chi connectivity index (χ1) is 15.6. The summed E-state index contributed by atoms with van der Waals surface area (Å²) < 4.78 is 0. The molecule has 1 aliphatic rings. The number of carbonyl (C=O) groups excluding carboxylic acids is 1. The Bertz CT molecular complexity index is 857. The van der Waals surface area contributed by atoms with Crippen LogP contribution in [0.1, 0.15) is 69.9 Å². The van der Waals surface area contributed by atoms with Crippen LogP contribution in [0.5, 0.6) is 0 Å². The molecule has 0 N–H and O–H groups in total. The van der Waals surface area contributed by atoms with Gasteiger partial charge in [0.1, 0.15) is 5.82 Å². The lowest BCUT2D eigenvalue weighted by Crippen LogP contribution is -2.36. The molecule has 0 fully saturated rings. The highest BCUT2D eigenvalue weighted by molar-refractivity contribution is 5.95. The van der Waals surface area contributed by atoms with E-state index in [1.165, 1.54) is 24.8 Å². The number of aromatic nitrogens is 1. The van der Waals surface area contributed by atoms with Gasteiger partial charge in [0.05, 0.1) is 6.54 Å². The molecule has 2 aromatic rings. The second-order valence-corrected chi connectivity index (χ2v) is 8.96. The van der Waals surface area contributed by atoms with Crippen LogP contribution in [0.3, 0.4) is 0 Å². The largest absolute Gasteiger partial charge is 0.357 e. The number of amides is 1. The molecule has 0 saturated heterocycles. The van der Waals surface area contributed by atoms with Gasteiger partial charge in [0.2, 0.25) is 5.91 Å². The molecule has 1 aromatic heterocycles. The monoisotopic (exact) mass is 433 g/mol. The molecular formula is C28H39N3O. The smallest absolute Gasteiger partial charge is 0.230 e. The van der Waals surface area contributed by atoms with Crippen LogP contribution in [0.15, 0.2) is 54.7 Å². The van der Waals surface area contributed by atoms with Crippen LogP contribution < -0.4 is 9.80 Å². The zero-order valence-electron chi connectivity index (χ0n) is 20.1. The summed E-state index contributed by atoms with van der Waals surface area (Å²) in [6, 6.07) is 12.5. The van der Waals surface area contributed by atoms with Crippen molar-refractivity contribution in [1.82, 2.24) is 4.98 Å². The first kappa shape index (κ1) is 24.0. The van der Waals surface area contributed by atoms with Crippen LogP contribution in [0.25, 0.3) is 0 Å². The Morgan fingerprint density at radius 2 is 1.81 bits per heavy atom. The van der Waals surface area contributed by atoms with E-state index in [9.17, 15) is 4.79 Å². The van der Waals surface area contributed by atoms with E-state index in [-0.39, 0.29) is 11.8 Å². The standard InChI is InChI=1S/C28H39N3O/c1-4-6-10-20-30(19-5-2)27-18-15-24(21-29-27)22-31(26-16-13-23(3)14-17-26)28(32)25-11-8-7-9-12-25/h7-8,13-18,21,25H,4-6,9-12,19-20,22H2,1-3H3. The summed E-state index contributed by atoms with van der Waals surface area (Å²) in [4.78, 5) is 22.6. The molecule has 4 heteroatoms. The zero-order chi connectivity index (χ0) is 22.8. The van der Waals surface area contributed by atoms with Crippen LogP contribution >= 0.6 is 0 Å². The topological polar surface area (TPSA) is 36.4 Å². The highest BCUT2D eigenvalue weighted by atomic mass is 16.2. The summed E-state index contributed by atoms with van der Waals surface area (Å²) in [5.74, 6) is 1.32. The number of hydrogen-bond donors (Lipinski definition) is 0. The molecule has 172 valence electrons. The Labute approximate surface area is 194 Å². The number of carbonyl (C=O) groups is 1. The fraction of sp³-hybridized carbons (Fsp3) is 0.500. The number of benzene rings is 1. The van der Waals surface area contributed by atoms with Crippen molar-refractivity contribution in [2.24, 2.45) is 5.92 Å². The molecule has 0 radical (unpaired) electrons. The van der Waals surface area contributed by atoms with Gasteiger partial charge in [-0.05, 0) is 62.8 Å². The molecule has 0 spiro atoms. The van der Waals surface area contributed by atoms with Gasteiger partial charge in [-0.1, -0.05) is 62.6 Å². The van der Waals surface area contributed by atoms with Crippen molar-refractivity contribution >= 4 is 17.4 Å². The van der Waals surface area contributed by atoms with Crippen molar-refractivity contribution in [1.29, 1.82) is 0 Å². The predicted molar refractivity (Wildman–Crippen MR) is 135 cm³/mol. The highest BCUT2D eigenvalue weighted by Crippen LogP contribution is 2.26. The minimum Gasteiger partial charge on any atom is -0.357 e. The SMILES string of the molecule is CCCCCN(CCC)c1ccc(CN(C(=O)C2CC=CCC2)c2ccc(C)cc2)cn1. The maximum atomic E-state index is 13.5. The van der Waals surface area contributed by atoms with Crippen LogP contribution in [0, 0.1) is 12.8 Å². The quantitative estimate of drug-likeness (QED) is 0.293. The van der Waals surface area contributed by atoms with E-state index >= 15 is 0 Å². The minimum atomic E-state index is 0.0622. The molecule has 32 heavy (non-hydrogen) atoms. The maximum Gasteiger partial charge on any atom is 0.230 e. The zero-order valence-corrected chi connectivity index (χ0v) is 20.1. The second kappa shape index (κ2) is 12.4. The minimum absolute atomic E-state index is 0.0622. The molecule has 0 aliphatic heterocycles. The van der Waals surface area contributed by atoms with Crippen molar-refractivity contribution in [2.45, 2.75) is 72.3 Å². The van der Waals surface area contributed by atoms with Crippen molar-refractivity contribution in [3.63, 3.8) is 0 Å². The molecule has 1 aliphatic carbocycles. The predicted octanol–water partition coefficient (Wildman–Crippen LogP) is 6.69. The fourth-order valence-corrected chi connectivity index (χ4v) is 4.30. The van der Waals surface area contributed by atoms with Crippen LogP contribution in [0.4, 0.5) is 11.5 Å². The van der Waals surface area contributed by atoms with E-state index in [0.717, 1.165) is 55.8 Å². The molecule has 0 bridgehead atoms. The number of pyridine rings is 1.